The van der Waals surface area contributed by atoms with Crippen molar-refractivity contribution in [1.29, 1.82) is 10.5 Å². The fourth-order valence-electron chi connectivity index (χ4n) is 2.52. The summed E-state index contributed by atoms with van der Waals surface area (Å²) in [7, 11) is 0. The predicted molar refractivity (Wildman–Crippen MR) is 87.5 cm³/mol. The highest BCUT2D eigenvalue weighted by Crippen LogP contribution is 2.40. The predicted octanol–water partition coefficient (Wildman–Crippen LogP) is 0.765. The Bertz CT molecular complexity index is 938. The fraction of sp³-hybridized carbons (Fsp3) is 0.0667. The number of aromatic hydroxyl groups is 1. The second-order valence-corrected chi connectivity index (χ2v) is 5.00. The molecule has 2 aromatic rings. The van der Waals surface area contributed by atoms with Crippen LogP contribution in [0.1, 0.15) is 22.7 Å². The lowest BCUT2D eigenvalue weighted by molar-refractivity contribution is 0.474. The number of nitriles is 2. The van der Waals surface area contributed by atoms with Crippen LogP contribution in [0.25, 0.3) is 0 Å². The highest BCUT2D eigenvalue weighted by Gasteiger charge is 2.29. The Morgan fingerprint density at radius 1 is 1.29 bits per heavy atom. The van der Waals surface area contributed by atoms with Gasteiger partial charge in [0, 0.05) is 5.56 Å². The number of nitrogens with zero attached hydrogens (tertiary/aromatic N) is 4. The molecule has 1 aromatic carbocycles. The molecule has 1 unspecified atom stereocenters. The molecule has 0 saturated carbocycles. The van der Waals surface area contributed by atoms with Gasteiger partial charge in [-0.1, -0.05) is 12.1 Å². The monoisotopic (exact) mass is 320 g/mol. The third-order valence-electron chi connectivity index (χ3n) is 3.54. The Hall–Kier alpha value is -3.98. The fourth-order valence-corrected chi connectivity index (χ4v) is 2.52. The normalized spacial score (nSPS) is 15.2. The summed E-state index contributed by atoms with van der Waals surface area (Å²) >= 11 is 0. The third kappa shape index (κ3) is 2.36. The molecule has 0 saturated heterocycles. The average Bonchev–Trinajstić information content (AvgIpc) is 2.54. The molecule has 0 bridgehead atoms. The van der Waals surface area contributed by atoms with Gasteiger partial charge in [-0.3, -0.25) is 5.32 Å². The van der Waals surface area contributed by atoms with Gasteiger partial charge in [0.15, 0.2) is 6.19 Å². The van der Waals surface area contributed by atoms with Crippen molar-refractivity contribution in [1.82, 2.24) is 10.3 Å². The Balaban J connectivity index is 2.25. The van der Waals surface area contributed by atoms with Crippen molar-refractivity contribution in [3.8, 4) is 18.0 Å². The number of nitrogens with one attached hydrogen (secondary N) is 2. The SMILES string of the molecule is N#CNC1=NC(c2cccc(O)c2)c2c(nc(N)c(C#N)c2N)N1. The largest absolute Gasteiger partial charge is 0.508 e. The summed E-state index contributed by atoms with van der Waals surface area (Å²) in [4.78, 5) is 8.53. The van der Waals surface area contributed by atoms with Gasteiger partial charge in [0.05, 0.1) is 5.69 Å². The average molecular weight is 320 g/mol. The molecule has 0 fully saturated rings. The van der Waals surface area contributed by atoms with Gasteiger partial charge in [-0.25, -0.2) is 9.98 Å². The molecule has 9 heteroatoms. The van der Waals surface area contributed by atoms with E-state index in [1.807, 2.05) is 6.07 Å². The maximum atomic E-state index is 9.72. The van der Waals surface area contributed by atoms with E-state index in [4.69, 9.17) is 16.7 Å². The quantitative estimate of drug-likeness (QED) is 0.379. The molecular formula is C15H12N8O. The van der Waals surface area contributed by atoms with Crippen LogP contribution in [0.2, 0.25) is 0 Å². The first-order chi connectivity index (χ1) is 11.5. The maximum absolute atomic E-state index is 9.72. The summed E-state index contributed by atoms with van der Waals surface area (Å²) in [5.41, 5.74) is 13.2. The summed E-state index contributed by atoms with van der Waals surface area (Å²) in [6.45, 7) is 0. The van der Waals surface area contributed by atoms with Crippen molar-refractivity contribution in [3.63, 3.8) is 0 Å². The zero-order valence-electron chi connectivity index (χ0n) is 12.3. The molecule has 3 rings (SSSR count). The van der Waals surface area contributed by atoms with Gasteiger partial charge in [0.25, 0.3) is 0 Å². The smallest absolute Gasteiger partial charge is 0.211 e. The molecule has 1 atom stereocenters. The maximum Gasteiger partial charge on any atom is 0.211 e. The van der Waals surface area contributed by atoms with E-state index < -0.39 is 6.04 Å². The minimum Gasteiger partial charge on any atom is -0.508 e. The Kier molecular flexibility index (Phi) is 3.53. The Morgan fingerprint density at radius 3 is 2.75 bits per heavy atom. The zero-order chi connectivity index (χ0) is 17.3. The van der Waals surface area contributed by atoms with Gasteiger partial charge in [-0.2, -0.15) is 10.5 Å². The van der Waals surface area contributed by atoms with Gasteiger partial charge in [0.1, 0.15) is 35.1 Å². The molecule has 1 aliphatic heterocycles. The molecule has 9 nitrogen and oxygen atoms in total. The standard InChI is InChI=1S/C15H12N8O/c16-5-9-11(18)10-12(7-2-1-3-8(24)4-7)21-15(20-6-17)23-14(10)22-13(9)19/h1-4,12,24H,(H6,18,19,20,21,22,23). The number of aromatic nitrogens is 1. The number of pyridine rings is 1. The molecule has 0 spiro atoms. The van der Waals surface area contributed by atoms with E-state index in [9.17, 15) is 10.4 Å². The van der Waals surface area contributed by atoms with E-state index >= 15 is 0 Å². The Morgan fingerprint density at radius 2 is 2.08 bits per heavy atom. The van der Waals surface area contributed by atoms with Crippen LogP contribution in [0, 0.1) is 22.8 Å². The zero-order valence-corrected chi connectivity index (χ0v) is 12.3. The van der Waals surface area contributed by atoms with E-state index in [0.717, 1.165) is 0 Å². The number of aliphatic imine (C=N–C) groups is 1. The third-order valence-corrected chi connectivity index (χ3v) is 3.54. The number of benzene rings is 1. The van der Waals surface area contributed by atoms with Crippen LogP contribution >= 0.6 is 0 Å². The second kappa shape index (κ2) is 5.66. The first-order valence-electron chi connectivity index (χ1n) is 6.83. The molecule has 0 radical (unpaired) electrons. The number of rotatable bonds is 1. The van der Waals surface area contributed by atoms with Crippen molar-refractivity contribution in [2.24, 2.45) is 4.99 Å². The van der Waals surface area contributed by atoms with E-state index in [1.54, 1.807) is 18.3 Å². The van der Waals surface area contributed by atoms with Crippen molar-refractivity contribution >= 4 is 23.3 Å². The number of anilines is 3. The van der Waals surface area contributed by atoms with E-state index in [1.165, 1.54) is 12.1 Å². The summed E-state index contributed by atoms with van der Waals surface area (Å²) in [5.74, 6) is 0.494. The lowest BCUT2D eigenvalue weighted by atomic mass is 9.95. The number of nitrogen functional groups attached to an aromatic ring is 2. The molecule has 1 aliphatic rings. The van der Waals surface area contributed by atoms with Gasteiger partial charge in [-0.15, -0.1) is 0 Å². The van der Waals surface area contributed by atoms with Crippen LogP contribution in [0.15, 0.2) is 29.3 Å². The highest BCUT2D eigenvalue weighted by atomic mass is 16.3. The number of hydrogen-bond donors (Lipinski definition) is 5. The van der Waals surface area contributed by atoms with Crippen LogP contribution in [0.3, 0.4) is 0 Å². The van der Waals surface area contributed by atoms with Crippen LogP contribution in [0.5, 0.6) is 5.75 Å². The number of guanidine groups is 1. The molecule has 0 aliphatic carbocycles. The van der Waals surface area contributed by atoms with Crippen LogP contribution in [-0.4, -0.2) is 16.1 Å². The lowest BCUT2D eigenvalue weighted by Gasteiger charge is -2.26. The van der Waals surface area contributed by atoms with Gasteiger partial charge < -0.3 is 21.9 Å². The number of phenolic OH excluding ortho intramolecular Hbond substituents is 1. The molecule has 2 heterocycles. The minimum atomic E-state index is -0.663. The molecular weight excluding hydrogens is 308 g/mol. The molecule has 7 N–H and O–H groups in total. The number of fused-ring (bicyclic) bond motifs is 1. The Labute approximate surface area is 136 Å². The van der Waals surface area contributed by atoms with E-state index in [2.05, 4.69) is 20.6 Å². The lowest BCUT2D eigenvalue weighted by Crippen LogP contribution is -2.32. The van der Waals surface area contributed by atoms with Crippen molar-refractivity contribution in [2.45, 2.75) is 6.04 Å². The first kappa shape index (κ1) is 14.9. The van der Waals surface area contributed by atoms with Crippen LogP contribution in [-0.2, 0) is 0 Å². The topological polar surface area (TPSA) is 169 Å². The summed E-state index contributed by atoms with van der Waals surface area (Å²) in [5, 5.41) is 33.0. The van der Waals surface area contributed by atoms with E-state index in [0.29, 0.717) is 16.9 Å². The number of phenols is 1. The summed E-state index contributed by atoms with van der Waals surface area (Å²) in [6.07, 6.45) is 1.77. The number of hydrogen-bond acceptors (Lipinski definition) is 9. The molecule has 0 amide bonds. The van der Waals surface area contributed by atoms with Crippen molar-refractivity contribution in [3.05, 3.63) is 41.0 Å². The highest BCUT2D eigenvalue weighted by molar-refractivity contribution is 5.98. The van der Waals surface area contributed by atoms with Crippen LogP contribution in [0.4, 0.5) is 17.3 Å². The molecule has 1 aromatic heterocycles. The summed E-state index contributed by atoms with van der Waals surface area (Å²) < 4.78 is 0. The molecule has 118 valence electrons. The van der Waals surface area contributed by atoms with Crippen molar-refractivity contribution in [2.75, 3.05) is 16.8 Å². The van der Waals surface area contributed by atoms with Crippen molar-refractivity contribution < 1.29 is 5.11 Å². The second-order valence-electron chi connectivity index (χ2n) is 5.00. The molecule has 24 heavy (non-hydrogen) atoms. The summed E-state index contributed by atoms with van der Waals surface area (Å²) in [6, 6.07) is 7.71. The van der Waals surface area contributed by atoms with Gasteiger partial charge in [0.2, 0.25) is 5.96 Å². The van der Waals surface area contributed by atoms with Gasteiger partial charge in [-0.05, 0) is 17.7 Å². The first-order valence-corrected chi connectivity index (χ1v) is 6.83. The van der Waals surface area contributed by atoms with Gasteiger partial charge >= 0.3 is 0 Å². The number of nitrogens with two attached hydrogens (primary N) is 2. The van der Waals surface area contributed by atoms with Crippen LogP contribution < -0.4 is 22.1 Å². The van der Waals surface area contributed by atoms with E-state index in [-0.39, 0.29) is 28.8 Å². The minimum absolute atomic E-state index is 0.0193.